The quantitative estimate of drug-likeness (QED) is 0.761. The van der Waals surface area contributed by atoms with Gasteiger partial charge in [-0.25, -0.2) is 0 Å². The monoisotopic (exact) mass is 267 g/mol. The second-order valence-electron chi connectivity index (χ2n) is 5.66. The van der Waals surface area contributed by atoms with Gasteiger partial charge in [0.2, 0.25) is 0 Å². The number of aryl methyl sites for hydroxylation is 2. The fraction of sp³-hybridized carbons (Fsp3) is 0.368. The SMILES string of the molecule is CCC(C)c1ccc(NCc2c(C)cccc2C)cc1. The molecule has 0 heterocycles. The van der Waals surface area contributed by atoms with Crippen LogP contribution in [0.1, 0.15) is 48.4 Å². The molecule has 0 bridgehead atoms. The van der Waals surface area contributed by atoms with E-state index in [2.05, 4.69) is 75.5 Å². The lowest BCUT2D eigenvalue weighted by molar-refractivity contribution is 0.734. The molecule has 0 amide bonds. The van der Waals surface area contributed by atoms with E-state index in [4.69, 9.17) is 0 Å². The van der Waals surface area contributed by atoms with E-state index in [1.165, 1.54) is 34.4 Å². The fourth-order valence-corrected chi connectivity index (χ4v) is 2.48. The summed E-state index contributed by atoms with van der Waals surface area (Å²) in [5.41, 5.74) is 6.73. The maximum absolute atomic E-state index is 3.53. The Balaban J connectivity index is 2.04. The fourth-order valence-electron chi connectivity index (χ4n) is 2.48. The van der Waals surface area contributed by atoms with Gasteiger partial charge < -0.3 is 5.32 Å². The van der Waals surface area contributed by atoms with Gasteiger partial charge in [0, 0.05) is 12.2 Å². The third kappa shape index (κ3) is 3.41. The first-order chi connectivity index (χ1) is 9.61. The van der Waals surface area contributed by atoms with Crippen LogP contribution in [0.5, 0.6) is 0 Å². The summed E-state index contributed by atoms with van der Waals surface area (Å²) in [7, 11) is 0. The lowest BCUT2D eigenvalue weighted by atomic mass is 9.98. The highest BCUT2D eigenvalue weighted by atomic mass is 14.9. The molecule has 1 nitrogen and oxygen atoms in total. The van der Waals surface area contributed by atoms with E-state index in [9.17, 15) is 0 Å². The lowest BCUT2D eigenvalue weighted by Gasteiger charge is -2.13. The molecular weight excluding hydrogens is 242 g/mol. The van der Waals surface area contributed by atoms with Crippen molar-refractivity contribution in [2.45, 2.75) is 46.6 Å². The highest BCUT2D eigenvalue weighted by molar-refractivity contribution is 5.47. The first kappa shape index (κ1) is 14.6. The number of hydrogen-bond acceptors (Lipinski definition) is 1. The van der Waals surface area contributed by atoms with E-state index in [0.29, 0.717) is 5.92 Å². The van der Waals surface area contributed by atoms with Crippen molar-refractivity contribution < 1.29 is 0 Å². The Hall–Kier alpha value is -1.76. The van der Waals surface area contributed by atoms with Crippen LogP contribution in [0.25, 0.3) is 0 Å². The minimum Gasteiger partial charge on any atom is -0.381 e. The van der Waals surface area contributed by atoms with Gasteiger partial charge in [-0.1, -0.05) is 44.2 Å². The molecule has 2 aromatic carbocycles. The summed E-state index contributed by atoms with van der Waals surface area (Å²) < 4.78 is 0. The summed E-state index contributed by atoms with van der Waals surface area (Å²) in [6.45, 7) is 9.75. The van der Waals surface area contributed by atoms with E-state index >= 15 is 0 Å². The predicted molar refractivity (Wildman–Crippen MR) is 88.4 cm³/mol. The zero-order valence-corrected chi connectivity index (χ0v) is 13.0. The van der Waals surface area contributed by atoms with E-state index < -0.39 is 0 Å². The molecule has 0 saturated carbocycles. The molecule has 1 heteroatoms. The topological polar surface area (TPSA) is 12.0 Å². The molecule has 0 fully saturated rings. The average molecular weight is 267 g/mol. The van der Waals surface area contributed by atoms with Gasteiger partial charge >= 0.3 is 0 Å². The normalized spacial score (nSPS) is 12.2. The van der Waals surface area contributed by atoms with E-state index in [1.54, 1.807) is 0 Å². The van der Waals surface area contributed by atoms with E-state index in [0.717, 1.165) is 6.54 Å². The van der Waals surface area contributed by atoms with E-state index in [-0.39, 0.29) is 0 Å². The summed E-state index contributed by atoms with van der Waals surface area (Å²) >= 11 is 0. The highest BCUT2D eigenvalue weighted by Gasteiger charge is 2.04. The number of rotatable bonds is 5. The van der Waals surface area contributed by atoms with Gasteiger partial charge in [0.25, 0.3) is 0 Å². The van der Waals surface area contributed by atoms with Crippen molar-refractivity contribution in [3.05, 3.63) is 64.7 Å². The predicted octanol–water partition coefficient (Wildman–Crippen LogP) is 5.43. The number of anilines is 1. The van der Waals surface area contributed by atoms with Gasteiger partial charge in [-0.2, -0.15) is 0 Å². The molecule has 0 aliphatic carbocycles. The third-order valence-electron chi connectivity index (χ3n) is 4.21. The molecule has 0 spiro atoms. The molecular formula is C19H25N. The maximum atomic E-state index is 3.53. The molecule has 0 aliphatic heterocycles. The average Bonchev–Trinajstić information content (AvgIpc) is 2.46. The van der Waals surface area contributed by atoms with Crippen LogP contribution in [0.4, 0.5) is 5.69 Å². The molecule has 20 heavy (non-hydrogen) atoms. The largest absolute Gasteiger partial charge is 0.381 e. The zero-order chi connectivity index (χ0) is 14.5. The van der Waals surface area contributed by atoms with Gasteiger partial charge in [-0.15, -0.1) is 0 Å². The van der Waals surface area contributed by atoms with E-state index in [1.807, 2.05) is 0 Å². The Morgan fingerprint density at radius 2 is 1.55 bits per heavy atom. The Morgan fingerprint density at radius 3 is 2.10 bits per heavy atom. The molecule has 0 radical (unpaired) electrons. The first-order valence-electron chi connectivity index (χ1n) is 7.50. The van der Waals surface area contributed by atoms with Crippen LogP contribution >= 0.6 is 0 Å². The third-order valence-corrected chi connectivity index (χ3v) is 4.21. The van der Waals surface area contributed by atoms with Crippen molar-refractivity contribution in [3.63, 3.8) is 0 Å². The molecule has 2 aromatic rings. The van der Waals surface area contributed by atoms with Crippen molar-refractivity contribution >= 4 is 5.69 Å². The smallest absolute Gasteiger partial charge is 0.0406 e. The Kier molecular flexibility index (Phi) is 4.84. The Morgan fingerprint density at radius 1 is 0.950 bits per heavy atom. The summed E-state index contributed by atoms with van der Waals surface area (Å²) in [5.74, 6) is 0.641. The molecule has 1 unspecified atom stereocenters. The summed E-state index contributed by atoms with van der Waals surface area (Å²) in [5, 5.41) is 3.53. The molecule has 0 aliphatic rings. The molecule has 0 saturated heterocycles. The second kappa shape index (κ2) is 6.60. The summed E-state index contributed by atoms with van der Waals surface area (Å²) in [6.07, 6.45) is 1.19. The molecule has 106 valence electrons. The van der Waals surface area contributed by atoms with Gasteiger partial charge in [-0.05, 0) is 60.6 Å². The summed E-state index contributed by atoms with van der Waals surface area (Å²) in [6, 6.07) is 15.3. The van der Waals surface area contributed by atoms with Crippen LogP contribution in [0.2, 0.25) is 0 Å². The molecule has 1 atom stereocenters. The molecule has 0 aromatic heterocycles. The van der Waals surface area contributed by atoms with Crippen LogP contribution in [-0.4, -0.2) is 0 Å². The Labute approximate surface area is 123 Å². The maximum Gasteiger partial charge on any atom is 0.0406 e. The van der Waals surface area contributed by atoms with Crippen LogP contribution < -0.4 is 5.32 Å². The molecule has 2 rings (SSSR count). The first-order valence-corrected chi connectivity index (χ1v) is 7.50. The molecule has 1 N–H and O–H groups in total. The minimum absolute atomic E-state index is 0.641. The highest BCUT2D eigenvalue weighted by Crippen LogP contribution is 2.21. The number of benzene rings is 2. The van der Waals surface area contributed by atoms with Crippen LogP contribution in [0, 0.1) is 13.8 Å². The van der Waals surface area contributed by atoms with Crippen molar-refractivity contribution in [2.24, 2.45) is 0 Å². The standard InChI is InChI=1S/C19H25N/c1-5-14(2)17-9-11-18(12-10-17)20-13-19-15(3)7-6-8-16(19)4/h6-12,14,20H,5,13H2,1-4H3. The second-order valence-corrected chi connectivity index (χ2v) is 5.66. The van der Waals surface area contributed by atoms with Crippen LogP contribution in [0.15, 0.2) is 42.5 Å². The minimum atomic E-state index is 0.641. The summed E-state index contributed by atoms with van der Waals surface area (Å²) in [4.78, 5) is 0. The van der Waals surface area contributed by atoms with Crippen molar-refractivity contribution in [1.29, 1.82) is 0 Å². The van der Waals surface area contributed by atoms with Gasteiger partial charge in [0.15, 0.2) is 0 Å². The van der Waals surface area contributed by atoms with Crippen LogP contribution in [-0.2, 0) is 6.54 Å². The zero-order valence-electron chi connectivity index (χ0n) is 13.0. The van der Waals surface area contributed by atoms with Crippen molar-refractivity contribution in [2.75, 3.05) is 5.32 Å². The Bertz CT molecular complexity index is 534. The lowest BCUT2D eigenvalue weighted by Crippen LogP contribution is -2.03. The number of hydrogen-bond donors (Lipinski definition) is 1. The van der Waals surface area contributed by atoms with Crippen molar-refractivity contribution in [1.82, 2.24) is 0 Å². The number of nitrogens with one attached hydrogen (secondary N) is 1. The van der Waals surface area contributed by atoms with Crippen LogP contribution in [0.3, 0.4) is 0 Å². The van der Waals surface area contributed by atoms with Gasteiger partial charge in [0.05, 0.1) is 0 Å². The van der Waals surface area contributed by atoms with Crippen molar-refractivity contribution in [3.8, 4) is 0 Å². The van der Waals surface area contributed by atoms with Gasteiger partial charge in [-0.3, -0.25) is 0 Å². The van der Waals surface area contributed by atoms with Gasteiger partial charge in [0.1, 0.15) is 0 Å².